The summed E-state index contributed by atoms with van der Waals surface area (Å²) in [6.07, 6.45) is 48.0. The molecule has 0 radical (unpaired) electrons. The number of hydrogen-bond donors (Lipinski definition) is 0. The van der Waals surface area contributed by atoms with Crippen LogP contribution >= 0.6 is 0 Å². The normalized spacial score (nSPS) is 12.6. The topological polar surface area (TPSA) is 276 Å². The summed E-state index contributed by atoms with van der Waals surface area (Å²) in [5.74, 6) is -2.39. The molecule has 3 rings (SSSR count). The molecule has 0 bridgehead atoms. The lowest BCUT2D eigenvalue weighted by Crippen LogP contribution is -2.30. The number of carbonyl (C=O) groups is 9. The van der Waals surface area contributed by atoms with Crippen molar-refractivity contribution in [3.05, 3.63) is 109 Å². The standard InChI is InChI=1S/C84H128O21/c1-4-7-10-31-43-69(102-82(91)58-55-78(87)97-64-72-49-40-61-94-72)46-34-25-19-13-16-22-28-37-52-76(85)100-67-75(105-81(90)54-39-30-24-18-15-21-27-36-48-71(45-33-12-9-6-3)104-84(93)60-57-80(89)99-66-74-51-42-63-96-74)68-101-77(86)53-38-29-23-17-14-20-26-35-47-70(44-32-11-8-5-2)103-83(92)59-56-79(88)98-65-73-50-41-62-95-73/h25-27,34-36,40-42,49-51,61-63,69-71,75H,4-24,28-33,37-39,43-48,52-60,64-68H2,1-3H3/b34-25-,35-26-,36-27-. The van der Waals surface area contributed by atoms with E-state index in [-0.39, 0.29) is 109 Å². The van der Waals surface area contributed by atoms with Gasteiger partial charge in [-0.15, -0.1) is 0 Å². The van der Waals surface area contributed by atoms with Crippen molar-refractivity contribution in [3.63, 3.8) is 0 Å². The molecule has 0 aliphatic heterocycles. The molecule has 3 aromatic heterocycles. The Balaban J connectivity index is 1.39. The fraction of sp³-hybridized carbons (Fsp3) is 0.679. The van der Waals surface area contributed by atoms with Crippen molar-refractivity contribution in [1.29, 1.82) is 0 Å². The van der Waals surface area contributed by atoms with Gasteiger partial charge in [0.25, 0.3) is 0 Å². The van der Waals surface area contributed by atoms with Crippen LogP contribution in [0.15, 0.2) is 105 Å². The molecule has 0 saturated heterocycles. The lowest BCUT2D eigenvalue weighted by atomic mass is 10.1. The van der Waals surface area contributed by atoms with Crippen LogP contribution in [-0.2, 0) is 106 Å². The molecule has 0 amide bonds. The first-order chi connectivity index (χ1) is 51.2. The molecule has 3 unspecified atom stereocenters. The first-order valence-corrected chi connectivity index (χ1v) is 39.8. The lowest BCUT2D eigenvalue weighted by molar-refractivity contribution is -0.167. The Morgan fingerprint density at radius 3 is 0.848 bits per heavy atom. The number of allylic oxidation sites excluding steroid dienone is 3. The van der Waals surface area contributed by atoms with Gasteiger partial charge in [-0.2, -0.15) is 0 Å². The Kier molecular flexibility index (Phi) is 55.4. The third kappa shape index (κ3) is 53.7. The Hall–Kier alpha value is -7.71. The summed E-state index contributed by atoms with van der Waals surface area (Å²) in [7, 11) is 0. The van der Waals surface area contributed by atoms with E-state index in [0.29, 0.717) is 55.8 Å². The molecule has 0 fully saturated rings. The minimum Gasteiger partial charge on any atom is -0.466 e. The van der Waals surface area contributed by atoms with E-state index in [1.807, 2.05) is 0 Å². The second-order valence-electron chi connectivity index (χ2n) is 27.1. The average molecular weight is 1470 g/mol. The van der Waals surface area contributed by atoms with Crippen LogP contribution in [0.1, 0.15) is 327 Å². The molecule has 0 N–H and O–H groups in total. The molecule has 3 heterocycles. The van der Waals surface area contributed by atoms with Crippen molar-refractivity contribution < 1.29 is 99.0 Å². The van der Waals surface area contributed by atoms with Gasteiger partial charge in [-0.3, -0.25) is 43.2 Å². The summed E-state index contributed by atoms with van der Waals surface area (Å²) in [5.41, 5.74) is 0. The Bertz CT molecular complexity index is 2670. The zero-order chi connectivity index (χ0) is 75.7. The maximum Gasteiger partial charge on any atom is 0.306 e. The van der Waals surface area contributed by atoms with Crippen LogP contribution in [0.25, 0.3) is 0 Å². The summed E-state index contributed by atoms with van der Waals surface area (Å²) in [6.45, 7) is 6.06. The van der Waals surface area contributed by atoms with Crippen molar-refractivity contribution >= 4 is 53.7 Å². The Morgan fingerprint density at radius 1 is 0.286 bits per heavy atom. The molecule has 3 aromatic rings. The van der Waals surface area contributed by atoms with Gasteiger partial charge < -0.3 is 55.9 Å². The van der Waals surface area contributed by atoms with E-state index < -0.39 is 59.8 Å². The highest BCUT2D eigenvalue weighted by atomic mass is 16.6. The number of hydrogen-bond acceptors (Lipinski definition) is 21. The van der Waals surface area contributed by atoms with Gasteiger partial charge in [0, 0.05) is 38.5 Å². The van der Waals surface area contributed by atoms with E-state index >= 15 is 0 Å². The molecule has 21 nitrogen and oxygen atoms in total. The zero-order valence-corrected chi connectivity index (χ0v) is 63.9. The minimum absolute atomic E-state index is 0.0184. The van der Waals surface area contributed by atoms with E-state index in [9.17, 15) is 43.2 Å². The molecule has 0 aliphatic carbocycles. The minimum atomic E-state index is -0.949. The number of ether oxygens (including phenoxy) is 9. The fourth-order valence-corrected chi connectivity index (χ4v) is 11.4. The van der Waals surface area contributed by atoms with Gasteiger partial charge >= 0.3 is 53.7 Å². The van der Waals surface area contributed by atoms with Gasteiger partial charge in [-0.1, -0.05) is 173 Å². The van der Waals surface area contributed by atoms with E-state index in [2.05, 4.69) is 57.2 Å². The number of rotatable bonds is 68. The average Bonchev–Trinajstić information content (AvgIpc) is 2.22. The molecule has 3 atom stereocenters. The molecule has 0 aromatic carbocycles. The van der Waals surface area contributed by atoms with Gasteiger partial charge in [0.15, 0.2) is 6.10 Å². The summed E-state index contributed by atoms with van der Waals surface area (Å²) >= 11 is 0. The molecule has 105 heavy (non-hydrogen) atoms. The molecular weight excluding hydrogens is 1340 g/mol. The van der Waals surface area contributed by atoms with Crippen LogP contribution in [0.2, 0.25) is 0 Å². The van der Waals surface area contributed by atoms with Crippen LogP contribution in [0.4, 0.5) is 0 Å². The molecular formula is C84H128O21. The third-order valence-electron chi connectivity index (χ3n) is 17.6. The highest BCUT2D eigenvalue weighted by molar-refractivity contribution is 5.79. The van der Waals surface area contributed by atoms with Gasteiger partial charge in [0.2, 0.25) is 0 Å². The first kappa shape index (κ1) is 91.5. The smallest absolute Gasteiger partial charge is 0.306 e. The van der Waals surface area contributed by atoms with Gasteiger partial charge in [0.1, 0.15) is 68.6 Å². The van der Waals surface area contributed by atoms with Crippen molar-refractivity contribution in [2.75, 3.05) is 13.2 Å². The van der Waals surface area contributed by atoms with E-state index in [0.717, 1.165) is 193 Å². The monoisotopic (exact) mass is 1470 g/mol. The van der Waals surface area contributed by atoms with Gasteiger partial charge in [-0.05, 0) is 133 Å². The highest BCUT2D eigenvalue weighted by Crippen LogP contribution is 2.21. The number of furan rings is 3. The number of carbonyl (C=O) groups excluding carboxylic acids is 9. The Morgan fingerprint density at radius 2 is 0.543 bits per heavy atom. The maximum absolute atomic E-state index is 13.2. The summed E-state index contributed by atoms with van der Waals surface area (Å²) < 4.78 is 65.5. The zero-order valence-electron chi connectivity index (χ0n) is 63.9. The molecule has 0 saturated carbocycles. The van der Waals surface area contributed by atoms with Crippen molar-refractivity contribution in [2.45, 2.75) is 354 Å². The van der Waals surface area contributed by atoms with E-state index in [4.69, 9.17) is 55.9 Å². The quantitative estimate of drug-likeness (QED) is 0.0220. The van der Waals surface area contributed by atoms with Crippen LogP contribution in [0.3, 0.4) is 0 Å². The van der Waals surface area contributed by atoms with Crippen molar-refractivity contribution in [2.24, 2.45) is 0 Å². The van der Waals surface area contributed by atoms with Gasteiger partial charge in [-0.25, -0.2) is 0 Å². The first-order valence-electron chi connectivity index (χ1n) is 39.8. The predicted octanol–water partition coefficient (Wildman–Crippen LogP) is 20.0. The predicted molar refractivity (Wildman–Crippen MR) is 399 cm³/mol. The Labute approximate surface area is 626 Å². The molecule has 21 heteroatoms. The van der Waals surface area contributed by atoms with Crippen LogP contribution < -0.4 is 0 Å². The number of esters is 9. The summed E-state index contributed by atoms with van der Waals surface area (Å²) in [6, 6.07) is 10.3. The van der Waals surface area contributed by atoms with Crippen molar-refractivity contribution in [3.8, 4) is 0 Å². The molecule has 0 aliphatic rings. The third-order valence-corrected chi connectivity index (χ3v) is 17.6. The van der Waals surface area contributed by atoms with Crippen LogP contribution in [0, 0.1) is 0 Å². The summed E-state index contributed by atoms with van der Waals surface area (Å²) in [4.78, 5) is 114. The second-order valence-corrected chi connectivity index (χ2v) is 27.1. The second kappa shape index (κ2) is 63.6. The van der Waals surface area contributed by atoms with Gasteiger partial charge in [0.05, 0.1) is 57.3 Å². The lowest BCUT2D eigenvalue weighted by Gasteiger charge is -2.18. The summed E-state index contributed by atoms with van der Waals surface area (Å²) in [5, 5.41) is 0. The molecule has 590 valence electrons. The van der Waals surface area contributed by atoms with Crippen molar-refractivity contribution in [1.82, 2.24) is 0 Å². The number of unbranched alkanes of at least 4 members (excludes halogenated alkanes) is 24. The fourth-order valence-electron chi connectivity index (χ4n) is 11.4. The van der Waals surface area contributed by atoms with E-state index in [1.165, 1.54) is 18.8 Å². The largest absolute Gasteiger partial charge is 0.466 e. The van der Waals surface area contributed by atoms with Crippen LogP contribution in [0.5, 0.6) is 0 Å². The highest BCUT2D eigenvalue weighted by Gasteiger charge is 2.22. The van der Waals surface area contributed by atoms with E-state index in [1.54, 1.807) is 36.4 Å². The molecule has 0 spiro atoms. The maximum atomic E-state index is 13.2. The SMILES string of the molecule is CCCCCCC(C/C=C\CCCCCCCC(=O)OCC(COC(=O)CCCCCCC/C=C\CC(CCCCCC)OC(=O)CCC(=O)OCc1ccco1)OC(=O)CCCCCCC/C=C\CC(CCCCCC)OC(=O)CCC(=O)OCc1ccco1)OC(=O)CCC(=O)OCc1ccco1. The van der Waals surface area contributed by atoms with Crippen LogP contribution in [-0.4, -0.2) is 91.4 Å².